The third-order valence-corrected chi connectivity index (χ3v) is 2.14. The molecule has 1 heterocycles. The molecular formula is C10H12ClN3O3. The van der Waals surface area contributed by atoms with E-state index >= 15 is 0 Å². The van der Waals surface area contributed by atoms with Crippen molar-refractivity contribution in [2.24, 2.45) is 5.92 Å². The van der Waals surface area contributed by atoms with Crippen LogP contribution >= 0.6 is 11.6 Å². The first-order chi connectivity index (χ1) is 7.97. The van der Waals surface area contributed by atoms with Crippen LogP contribution in [0, 0.1) is 5.92 Å². The molecule has 0 saturated heterocycles. The summed E-state index contributed by atoms with van der Waals surface area (Å²) in [7, 11) is 0. The minimum atomic E-state index is -0.927. The van der Waals surface area contributed by atoms with E-state index in [1.165, 1.54) is 12.3 Å². The van der Waals surface area contributed by atoms with Gasteiger partial charge in [-0.3, -0.25) is 14.9 Å². The first-order valence-corrected chi connectivity index (χ1v) is 5.35. The molecule has 0 aromatic carbocycles. The Balaban J connectivity index is 2.47. The Morgan fingerprint density at radius 1 is 1.53 bits per heavy atom. The van der Waals surface area contributed by atoms with Crippen molar-refractivity contribution in [1.29, 1.82) is 0 Å². The number of nitrogens with one attached hydrogen (secondary N) is 1. The molecule has 0 bridgehead atoms. The van der Waals surface area contributed by atoms with Crippen LogP contribution in [0.3, 0.4) is 0 Å². The van der Waals surface area contributed by atoms with Crippen molar-refractivity contribution in [3.05, 3.63) is 17.4 Å². The van der Waals surface area contributed by atoms with Crippen molar-refractivity contribution in [2.75, 3.05) is 5.32 Å². The molecule has 1 unspecified atom stereocenters. The summed E-state index contributed by atoms with van der Waals surface area (Å²) in [5, 5.41) is 11.2. The topological polar surface area (TPSA) is 92.2 Å². The van der Waals surface area contributed by atoms with E-state index in [0.717, 1.165) is 0 Å². The summed E-state index contributed by atoms with van der Waals surface area (Å²) in [5.74, 6) is -1.39. The molecule has 0 aliphatic rings. The molecule has 0 spiro atoms. The molecule has 0 aliphatic heterocycles. The van der Waals surface area contributed by atoms with Gasteiger partial charge in [0, 0.05) is 19.0 Å². The summed E-state index contributed by atoms with van der Waals surface area (Å²) in [6.45, 7) is 1.69. The van der Waals surface area contributed by atoms with Gasteiger partial charge in [-0.2, -0.15) is 0 Å². The zero-order valence-electron chi connectivity index (χ0n) is 9.18. The molecule has 0 aliphatic carbocycles. The van der Waals surface area contributed by atoms with Gasteiger partial charge in [-0.25, -0.2) is 9.97 Å². The predicted molar refractivity (Wildman–Crippen MR) is 61.7 cm³/mol. The van der Waals surface area contributed by atoms with Crippen LogP contribution in [0.25, 0.3) is 0 Å². The normalized spacial score (nSPS) is 11.9. The second-order valence-electron chi connectivity index (χ2n) is 3.66. The lowest BCUT2D eigenvalue weighted by atomic mass is 10.0. The largest absolute Gasteiger partial charge is 0.481 e. The number of aromatic nitrogens is 2. The number of rotatable bonds is 5. The minimum Gasteiger partial charge on any atom is -0.481 e. The van der Waals surface area contributed by atoms with E-state index in [-0.39, 0.29) is 35.8 Å². The molecule has 92 valence electrons. The maximum absolute atomic E-state index is 11.5. The molecule has 0 fully saturated rings. The van der Waals surface area contributed by atoms with E-state index in [9.17, 15) is 9.59 Å². The highest BCUT2D eigenvalue weighted by atomic mass is 35.5. The molecule has 1 amide bonds. The van der Waals surface area contributed by atoms with Crippen LogP contribution in [0.5, 0.6) is 0 Å². The molecule has 1 aromatic heterocycles. The Morgan fingerprint density at radius 2 is 2.24 bits per heavy atom. The smallest absolute Gasteiger partial charge is 0.303 e. The summed E-state index contributed by atoms with van der Waals surface area (Å²) in [5.41, 5.74) is 0. The standard InChI is InChI=1S/C10H12ClN3O3/c1-6(5-9(16)17)4-8(15)14-10-12-3-2-7(11)13-10/h2-3,6H,4-5H2,1H3,(H,16,17)(H,12,13,14,15). The second kappa shape index (κ2) is 6.15. The third-order valence-electron chi connectivity index (χ3n) is 1.93. The zero-order chi connectivity index (χ0) is 12.8. The highest BCUT2D eigenvalue weighted by Gasteiger charge is 2.13. The first-order valence-electron chi connectivity index (χ1n) is 4.97. The molecule has 1 aromatic rings. The number of anilines is 1. The average molecular weight is 258 g/mol. The Morgan fingerprint density at radius 3 is 2.82 bits per heavy atom. The van der Waals surface area contributed by atoms with Crippen LogP contribution in [0.2, 0.25) is 5.15 Å². The molecule has 0 radical (unpaired) electrons. The maximum Gasteiger partial charge on any atom is 0.303 e. The summed E-state index contributed by atoms with van der Waals surface area (Å²) >= 11 is 5.62. The van der Waals surface area contributed by atoms with Gasteiger partial charge in [0.25, 0.3) is 0 Å². The van der Waals surface area contributed by atoms with E-state index < -0.39 is 5.97 Å². The van der Waals surface area contributed by atoms with Gasteiger partial charge >= 0.3 is 5.97 Å². The Labute approximate surface area is 103 Å². The summed E-state index contributed by atoms with van der Waals surface area (Å²) in [4.78, 5) is 29.5. The number of hydrogen-bond donors (Lipinski definition) is 2. The number of carbonyl (C=O) groups is 2. The van der Waals surface area contributed by atoms with E-state index in [1.54, 1.807) is 6.92 Å². The van der Waals surface area contributed by atoms with Gasteiger partial charge < -0.3 is 5.11 Å². The third kappa shape index (κ3) is 5.26. The lowest BCUT2D eigenvalue weighted by molar-refractivity contribution is -0.138. The van der Waals surface area contributed by atoms with Gasteiger partial charge in [0.1, 0.15) is 5.15 Å². The molecule has 17 heavy (non-hydrogen) atoms. The monoisotopic (exact) mass is 257 g/mol. The molecule has 2 N–H and O–H groups in total. The van der Waals surface area contributed by atoms with Crippen LogP contribution in [0.4, 0.5) is 5.95 Å². The molecule has 7 heteroatoms. The van der Waals surface area contributed by atoms with Gasteiger partial charge in [0.2, 0.25) is 11.9 Å². The lowest BCUT2D eigenvalue weighted by Crippen LogP contribution is -2.18. The van der Waals surface area contributed by atoms with Gasteiger partial charge in [0.15, 0.2) is 0 Å². The Bertz CT molecular complexity index is 425. The fourth-order valence-corrected chi connectivity index (χ4v) is 1.40. The number of hydrogen-bond acceptors (Lipinski definition) is 4. The first kappa shape index (κ1) is 13.4. The summed E-state index contributed by atoms with van der Waals surface area (Å²) in [6.07, 6.45) is 1.47. The molecule has 6 nitrogen and oxygen atoms in total. The second-order valence-corrected chi connectivity index (χ2v) is 4.05. The Hall–Kier alpha value is -1.69. The number of nitrogens with zero attached hydrogens (tertiary/aromatic N) is 2. The molecular weight excluding hydrogens is 246 g/mol. The minimum absolute atomic E-state index is 0.0518. The summed E-state index contributed by atoms with van der Waals surface area (Å²) < 4.78 is 0. The number of carboxylic acid groups (broad SMARTS) is 1. The van der Waals surface area contributed by atoms with Crippen LogP contribution in [-0.2, 0) is 9.59 Å². The zero-order valence-corrected chi connectivity index (χ0v) is 9.94. The number of amides is 1. The number of carbonyl (C=O) groups excluding carboxylic acids is 1. The van der Waals surface area contributed by atoms with Crippen molar-refractivity contribution >= 4 is 29.4 Å². The van der Waals surface area contributed by atoms with E-state index in [0.29, 0.717) is 0 Å². The van der Waals surface area contributed by atoms with E-state index in [4.69, 9.17) is 16.7 Å². The average Bonchev–Trinajstić information content (AvgIpc) is 2.14. The van der Waals surface area contributed by atoms with E-state index in [2.05, 4.69) is 15.3 Å². The van der Waals surface area contributed by atoms with Crippen LogP contribution in [0.1, 0.15) is 19.8 Å². The quantitative estimate of drug-likeness (QED) is 0.781. The molecule has 1 atom stereocenters. The number of carboxylic acids is 1. The van der Waals surface area contributed by atoms with Gasteiger partial charge in [-0.05, 0) is 12.0 Å². The van der Waals surface area contributed by atoms with Gasteiger partial charge in [-0.15, -0.1) is 0 Å². The van der Waals surface area contributed by atoms with Crippen LogP contribution < -0.4 is 5.32 Å². The van der Waals surface area contributed by atoms with Crippen molar-refractivity contribution in [1.82, 2.24) is 9.97 Å². The van der Waals surface area contributed by atoms with Crippen LogP contribution in [0.15, 0.2) is 12.3 Å². The SMILES string of the molecule is CC(CC(=O)O)CC(=O)Nc1nccc(Cl)n1. The van der Waals surface area contributed by atoms with E-state index in [1.807, 2.05) is 0 Å². The van der Waals surface area contributed by atoms with Gasteiger partial charge in [-0.1, -0.05) is 18.5 Å². The lowest BCUT2D eigenvalue weighted by Gasteiger charge is -2.08. The maximum atomic E-state index is 11.5. The van der Waals surface area contributed by atoms with Crippen molar-refractivity contribution in [3.63, 3.8) is 0 Å². The highest BCUT2D eigenvalue weighted by molar-refractivity contribution is 6.29. The molecule has 0 saturated carbocycles. The Kier molecular flexibility index (Phi) is 4.84. The van der Waals surface area contributed by atoms with Gasteiger partial charge in [0.05, 0.1) is 0 Å². The van der Waals surface area contributed by atoms with Crippen molar-refractivity contribution < 1.29 is 14.7 Å². The summed E-state index contributed by atoms with van der Waals surface area (Å²) in [6, 6.07) is 1.49. The van der Waals surface area contributed by atoms with Crippen molar-refractivity contribution in [3.8, 4) is 0 Å². The fourth-order valence-electron chi connectivity index (χ4n) is 1.26. The predicted octanol–water partition coefficient (Wildman–Crippen LogP) is 1.57. The van der Waals surface area contributed by atoms with Crippen molar-refractivity contribution in [2.45, 2.75) is 19.8 Å². The number of aliphatic carboxylic acids is 1. The highest BCUT2D eigenvalue weighted by Crippen LogP contribution is 2.10. The number of halogens is 1. The molecule has 1 rings (SSSR count). The van der Waals surface area contributed by atoms with Crippen LogP contribution in [-0.4, -0.2) is 27.0 Å². The fraction of sp³-hybridized carbons (Fsp3) is 0.400.